The first-order chi connectivity index (χ1) is 6.50. The molecule has 0 saturated carbocycles. The Labute approximate surface area is 80.4 Å². The van der Waals surface area contributed by atoms with E-state index < -0.39 is 0 Å². The predicted molar refractivity (Wildman–Crippen MR) is 54.0 cm³/mol. The van der Waals surface area contributed by atoms with Crippen molar-refractivity contribution in [2.24, 2.45) is 0 Å². The van der Waals surface area contributed by atoms with E-state index >= 15 is 0 Å². The van der Waals surface area contributed by atoms with E-state index in [-0.39, 0.29) is 0 Å². The first kappa shape index (κ1) is 10.9. The number of nitrogens with one attached hydrogen (secondary N) is 3. The summed E-state index contributed by atoms with van der Waals surface area (Å²) >= 11 is 0. The van der Waals surface area contributed by atoms with Crippen LogP contribution in [-0.4, -0.2) is 52.5 Å². The van der Waals surface area contributed by atoms with Gasteiger partial charge in [-0.05, 0) is 19.5 Å². The Morgan fingerprint density at radius 2 is 1.15 bits per heavy atom. The molecule has 4 heteroatoms. The van der Waals surface area contributed by atoms with Crippen LogP contribution in [0.5, 0.6) is 0 Å². The first-order valence-electron chi connectivity index (χ1n) is 5.20. The molecule has 0 aromatic heterocycles. The fourth-order valence-corrected chi connectivity index (χ4v) is 1.28. The van der Waals surface area contributed by atoms with Crippen molar-refractivity contribution in [2.45, 2.75) is 6.42 Å². The normalized spacial score (nSPS) is 24.0. The number of hydrogen-bond donors (Lipinski definition) is 3. The molecular weight excluding hydrogens is 166 g/mol. The molecule has 1 rings (SSSR count). The molecule has 0 radical (unpaired) electrons. The summed E-state index contributed by atoms with van der Waals surface area (Å²) in [5, 5.41) is 10.0. The van der Waals surface area contributed by atoms with E-state index in [9.17, 15) is 0 Å². The molecule has 0 unspecified atom stereocenters. The van der Waals surface area contributed by atoms with Crippen molar-refractivity contribution < 1.29 is 4.74 Å². The van der Waals surface area contributed by atoms with Gasteiger partial charge < -0.3 is 20.7 Å². The second-order valence-corrected chi connectivity index (χ2v) is 3.22. The summed E-state index contributed by atoms with van der Waals surface area (Å²) in [6.45, 7) is 7.87. The third-order valence-corrected chi connectivity index (χ3v) is 2.03. The molecule has 0 atom stereocenters. The largest absolute Gasteiger partial charge is 0.379 e. The Kier molecular flexibility index (Phi) is 7.09. The Bertz CT molecular complexity index is 62.9. The SMILES string of the molecule is C1CNCCNCCOCCNC1. The monoisotopic (exact) mass is 187 g/mol. The van der Waals surface area contributed by atoms with Gasteiger partial charge in [-0.25, -0.2) is 0 Å². The van der Waals surface area contributed by atoms with Gasteiger partial charge in [-0.15, -0.1) is 0 Å². The minimum absolute atomic E-state index is 0.821. The third kappa shape index (κ3) is 6.95. The van der Waals surface area contributed by atoms with Gasteiger partial charge in [0, 0.05) is 26.2 Å². The molecule has 0 bridgehead atoms. The van der Waals surface area contributed by atoms with Gasteiger partial charge in [0.1, 0.15) is 0 Å². The Hall–Kier alpha value is -0.160. The molecule has 78 valence electrons. The van der Waals surface area contributed by atoms with E-state index in [1.165, 1.54) is 6.42 Å². The van der Waals surface area contributed by atoms with Crippen molar-refractivity contribution in [3.05, 3.63) is 0 Å². The van der Waals surface area contributed by atoms with Crippen molar-refractivity contribution in [1.82, 2.24) is 16.0 Å². The molecule has 0 aliphatic carbocycles. The molecule has 0 spiro atoms. The summed E-state index contributed by atoms with van der Waals surface area (Å²) in [5.74, 6) is 0. The van der Waals surface area contributed by atoms with Crippen molar-refractivity contribution in [3.63, 3.8) is 0 Å². The molecule has 0 amide bonds. The molecule has 1 heterocycles. The summed E-state index contributed by atoms with van der Waals surface area (Å²) < 4.78 is 5.40. The van der Waals surface area contributed by atoms with Crippen molar-refractivity contribution in [1.29, 1.82) is 0 Å². The van der Waals surface area contributed by atoms with Crippen molar-refractivity contribution in [2.75, 3.05) is 52.5 Å². The van der Waals surface area contributed by atoms with Crippen LogP contribution in [0, 0.1) is 0 Å². The molecule has 1 fully saturated rings. The van der Waals surface area contributed by atoms with Crippen LogP contribution in [0.4, 0.5) is 0 Å². The van der Waals surface area contributed by atoms with E-state index in [0.717, 1.165) is 52.5 Å². The number of ether oxygens (including phenoxy) is 1. The van der Waals surface area contributed by atoms with Crippen LogP contribution < -0.4 is 16.0 Å². The average molecular weight is 187 g/mol. The van der Waals surface area contributed by atoms with Crippen LogP contribution in [0.3, 0.4) is 0 Å². The molecule has 0 aromatic rings. The van der Waals surface area contributed by atoms with Crippen molar-refractivity contribution in [3.8, 4) is 0 Å². The summed E-state index contributed by atoms with van der Waals surface area (Å²) in [5.41, 5.74) is 0. The van der Waals surface area contributed by atoms with E-state index in [4.69, 9.17) is 4.74 Å². The molecule has 1 aliphatic rings. The highest BCUT2D eigenvalue weighted by Crippen LogP contribution is 1.77. The van der Waals surface area contributed by atoms with E-state index in [0.29, 0.717) is 0 Å². The molecule has 3 N–H and O–H groups in total. The molecule has 0 aromatic carbocycles. The molecule has 13 heavy (non-hydrogen) atoms. The highest BCUT2D eigenvalue weighted by Gasteiger charge is 1.93. The van der Waals surface area contributed by atoms with Gasteiger partial charge in [-0.1, -0.05) is 0 Å². The van der Waals surface area contributed by atoms with Gasteiger partial charge in [0.15, 0.2) is 0 Å². The van der Waals surface area contributed by atoms with Gasteiger partial charge in [0.2, 0.25) is 0 Å². The summed E-state index contributed by atoms with van der Waals surface area (Å²) in [6.07, 6.45) is 1.19. The third-order valence-electron chi connectivity index (χ3n) is 2.03. The minimum Gasteiger partial charge on any atom is -0.379 e. The lowest BCUT2D eigenvalue weighted by atomic mass is 10.4. The maximum atomic E-state index is 5.40. The van der Waals surface area contributed by atoms with E-state index in [2.05, 4.69) is 16.0 Å². The second-order valence-electron chi connectivity index (χ2n) is 3.22. The predicted octanol–water partition coefficient (Wildman–Crippen LogP) is -0.824. The summed E-state index contributed by atoms with van der Waals surface area (Å²) in [7, 11) is 0. The second kappa shape index (κ2) is 8.44. The van der Waals surface area contributed by atoms with Crippen LogP contribution in [0.1, 0.15) is 6.42 Å². The topological polar surface area (TPSA) is 45.3 Å². The molecule has 1 aliphatic heterocycles. The summed E-state index contributed by atoms with van der Waals surface area (Å²) in [4.78, 5) is 0. The fourth-order valence-electron chi connectivity index (χ4n) is 1.28. The first-order valence-corrected chi connectivity index (χ1v) is 5.20. The van der Waals surface area contributed by atoms with Crippen LogP contribution in [0.25, 0.3) is 0 Å². The molecule has 1 saturated heterocycles. The Morgan fingerprint density at radius 1 is 0.615 bits per heavy atom. The van der Waals surface area contributed by atoms with Gasteiger partial charge >= 0.3 is 0 Å². The Morgan fingerprint density at radius 3 is 1.85 bits per heavy atom. The molecular formula is C9H21N3O. The maximum absolute atomic E-state index is 5.40. The maximum Gasteiger partial charge on any atom is 0.0591 e. The van der Waals surface area contributed by atoms with Gasteiger partial charge in [0.05, 0.1) is 13.2 Å². The highest BCUT2D eigenvalue weighted by molar-refractivity contribution is 4.55. The average Bonchev–Trinajstić information content (AvgIpc) is 2.18. The zero-order chi connectivity index (χ0) is 9.19. The summed E-state index contributed by atoms with van der Waals surface area (Å²) in [6, 6.07) is 0. The number of rotatable bonds is 0. The lowest BCUT2D eigenvalue weighted by Gasteiger charge is -2.05. The van der Waals surface area contributed by atoms with E-state index in [1.807, 2.05) is 0 Å². The lowest BCUT2D eigenvalue weighted by molar-refractivity contribution is 0.138. The van der Waals surface area contributed by atoms with Crippen LogP contribution in [0.15, 0.2) is 0 Å². The van der Waals surface area contributed by atoms with Crippen molar-refractivity contribution >= 4 is 0 Å². The quantitative estimate of drug-likeness (QED) is 0.463. The smallest absolute Gasteiger partial charge is 0.0591 e. The van der Waals surface area contributed by atoms with Crippen LogP contribution in [-0.2, 0) is 4.74 Å². The fraction of sp³-hybridized carbons (Fsp3) is 1.00. The standard InChI is InChI=1S/C9H21N3O/c1-2-10-4-5-12-7-9-13-8-6-11-3-1/h10-12H,1-9H2. The van der Waals surface area contributed by atoms with Crippen LogP contribution in [0.2, 0.25) is 0 Å². The van der Waals surface area contributed by atoms with Crippen LogP contribution >= 0.6 is 0 Å². The highest BCUT2D eigenvalue weighted by atomic mass is 16.5. The number of hydrogen-bond acceptors (Lipinski definition) is 4. The van der Waals surface area contributed by atoms with Gasteiger partial charge in [-0.3, -0.25) is 0 Å². The lowest BCUT2D eigenvalue weighted by Crippen LogP contribution is -2.30. The molecule has 4 nitrogen and oxygen atoms in total. The van der Waals surface area contributed by atoms with Gasteiger partial charge in [-0.2, -0.15) is 0 Å². The zero-order valence-electron chi connectivity index (χ0n) is 8.27. The Balaban J connectivity index is 2.01. The zero-order valence-corrected chi connectivity index (χ0v) is 8.27. The van der Waals surface area contributed by atoms with Gasteiger partial charge in [0.25, 0.3) is 0 Å². The minimum atomic E-state index is 0.821. The van der Waals surface area contributed by atoms with E-state index in [1.54, 1.807) is 0 Å².